The number of terminal acetylenes is 1. The standard InChI is InChI=1S/C15H16N2O6/c1-3-9-16(10-14(18)22-4-2)15(19)23-11-12-5-7-13(8-6-12)17(20)21/h1,5-8H,4,9-11H2,2H3. The van der Waals surface area contributed by atoms with Gasteiger partial charge in [0, 0.05) is 12.1 Å². The van der Waals surface area contributed by atoms with Crippen molar-refractivity contribution in [2.75, 3.05) is 19.7 Å². The summed E-state index contributed by atoms with van der Waals surface area (Å²) in [6.07, 6.45) is 4.38. The third-order valence-electron chi connectivity index (χ3n) is 2.68. The van der Waals surface area contributed by atoms with Gasteiger partial charge in [0.15, 0.2) is 0 Å². The number of benzene rings is 1. The summed E-state index contributed by atoms with van der Waals surface area (Å²) in [5.74, 6) is 1.67. The largest absolute Gasteiger partial charge is 0.465 e. The predicted molar refractivity (Wildman–Crippen MR) is 80.3 cm³/mol. The van der Waals surface area contributed by atoms with Crippen molar-refractivity contribution in [3.05, 3.63) is 39.9 Å². The lowest BCUT2D eigenvalue weighted by Crippen LogP contribution is -2.37. The van der Waals surface area contributed by atoms with E-state index in [1.165, 1.54) is 24.3 Å². The maximum absolute atomic E-state index is 11.9. The summed E-state index contributed by atoms with van der Waals surface area (Å²) in [4.78, 5) is 34.4. The molecule has 23 heavy (non-hydrogen) atoms. The van der Waals surface area contributed by atoms with Crippen LogP contribution in [-0.4, -0.2) is 41.6 Å². The van der Waals surface area contributed by atoms with E-state index in [1.54, 1.807) is 6.92 Å². The van der Waals surface area contributed by atoms with Crippen LogP contribution in [0, 0.1) is 22.5 Å². The van der Waals surface area contributed by atoms with Crippen molar-refractivity contribution in [3.63, 3.8) is 0 Å². The third kappa shape index (κ3) is 6.05. The number of rotatable bonds is 7. The first kappa shape index (κ1) is 18.0. The Labute approximate surface area is 133 Å². The predicted octanol–water partition coefficient (Wildman–Crippen LogP) is 1.73. The highest BCUT2D eigenvalue weighted by molar-refractivity contribution is 5.78. The molecule has 1 amide bonds. The smallest absolute Gasteiger partial charge is 0.411 e. The molecule has 1 rings (SSSR count). The Bertz CT molecular complexity index is 605. The molecule has 0 atom stereocenters. The zero-order valence-corrected chi connectivity index (χ0v) is 12.6. The molecule has 0 aliphatic carbocycles. The average Bonchev–Trinajstić information content (AvgIpc) is 2.52. The van der Waals surface area contributed by atoms with E-state index in [9.17, 15) is 19.7 Å². The number of esters is 1. The van der Waals surface area contributed by atoms with E-state index in [-0.39, 0.29) is 32.0 Å². The molecule has 0 bridgehead atoms. The van der Waals surface area contributed by atoms with Gasteiger partial charge in [-0.1, -0.05) is 5.92 Å². The van der Waals surface area contributed by atoms with Gasteiger partial charge in [0.1, 0.15) is 13.2 Å². The van der Waals surface area contributed by atoms with E-state index < -0.39 is 17.0 Å². The molecule has 0 heterocycles. The molecule has 8 nitrogen and oxygen atoms in total. The summed E-state index contributed by atoms with van der Waals surface area (Å²) >= 11 is 0. The maximum Gasteiger partial charge on any atom is 0.411 e. The van der Waals surface area contributed by atoms with Crippen molar-refractivity contribution < 1.29 is 24.0 Å². The topological polar surface area (TPSA) is 99.0 Å². The van der Waals surface area contributed by atoms with Gasteiger partial charge in [-0.25, -0.2) is 4.79 Å². The molecule has 0 saturated heterocycles. The number of ether oxygens (including phenoxy) is 2. The Hall–Kier alpha value is -3.08. The number of hydrogen-bond acceptors (Lipinski definition) is 6. The van der Waals surface area contributed by atoms with E-state index >= 15 is 0 Å². The van der Waals surface area contributed by atoms with Crippen LogP contribution < -0.4 is 0 Å². The van der Waals surface area contributed by atoms with Gasteiger partial charge in [-0.3, -0.25) is 19.8 Å². The fourth-order valence-electron chi connectivity index (χ4n) is 1.61. The molecule has 0 N–H and O–H groups in total. The molecule has 0 aliphatic heterocycles. The van der Waals surface area contributed by atoms with Gasteiger partial charge in [-0.15, -0.1) is 6.42 Å². The molecule has 0 fully saturated rings. The minimum atomic E-state index is -0.769. The number of nitro groups is 1. The monoisotopic (exact) mass is 320 g/mol. The second-order valence-corrected chi connectivity index (χ2v) is 4.34. The van der Waals surface area contributed by atoms with Crippen molar-refractivity contribution >= 4 is 17.7 Å². The average molecular weight is 320 g/mol. The minimum Gasteiger partial charge on any atom is -0.465 e. The second-order valence-electron chi connectivity index (χ2n) is 4.34. The number of hydrogen-bond donors (Lipinski definition) is 0. The number of amides is 1. The van der Waals surface area contributed by atoms with Crippen LogP contribution in [0.3, 0.4) is 0 Å². The summed E-state index contributed by atoms with van der Waals surface area (Å²) in [7, 11) is 0. The van der Waals surface area contributed by atoms with Crippen molar-refractivity contribution in [2.45, 2.75) is 13.5 Å². The van der Waals surface area contributed by atoms with Crippen LogP contribution in [0.15, 0.2) is 24.3 Å². The molecule has 8 heteroatoms. The Morgan fingerprint density at radius 3 is 2.48 bits per heavy atom. The van der Waals surface area contributed by atoms with E-state index in [0.717, 1.165) is 4.90 Å². The lowest BCUT2D eigenvalue weighted by molar-refractivity contribution is -0.384. The SMILES string of the molecule is C#CCN(CC(=O)OCC)C(=O)OCc1ccc([N+](=O)[O-])cc1. The molecular formula is C15H16N2O6. The van der Waals surface area contributed by atoms with Crippen LogP contribution in [0.2, 0.25) is 0 Å². The maximum atomic E-state index is 11.9. The van der Waals surface area contributed by atoms with Crippen LogP contribution in [0.25, 0.3) is 0 Å². The Kier molecular flexibility index (Phi) is 7.07. The van der Waals surface area contributed by atoms with Crippen molar-refractivity contribution in [2.24, 2.45) is 0 Å². The normalized spacial score (nSPS) is 9.57. The quantitative estimate of drug-likeness (QED) is 0.328. The molecule has 0 radical (unpaired) electrons. The number of carbonyl (C=O) groups is 2. The minimum absolute atomic E-state index is 0.0589. The number of nitro benzene ring substituents is 1. The number of carbonyl (C=O) groups excluding carboxylic acids is 2. The highest BCUT2D eigenvalue weighted by atomic mass is 16.6. The molecule has 0 saturated carbocycles. The van der Waals surface area contributed by atoms with E-state index in [2.05, 4.69) is 5.92 Å². The van der Waals surface area contributed by atoms with Gasteiger partial charge in [0.05, 0.1) is 18.1 Å². The van der Waals surface area contributed by atoms with Gasteiger partial charge < -0.3 is 9.47 Å². The van der Waals surface area contributed by atoms with Crippen LogP contribution in [0.4, 0.5) is 10.5 Å². The molecular weight excluding hydrogens is 304 g/mol. The Balaban J connectivity index is 2.59. The third-order valence-corrected chi connectivity index (χ3v) is 2.68. The summed E-state index contributed by atoms with van der Waals surface area (Å²) < 4.78 is 9.78. The van der Waals surface area contributed by atoms with Crippen LogP contribution in [0.1, 0.15) is 12.5 Å². The molecule has 0 unspecified atom stereocenters. The molecule has 1 aromatic carbocycles. The summed E-state index contributed by atoms with van der Waals surface area (Å²) in [6.45, 7) is 1.34. The first-order valence-corrected chi connectivity index (χ1v) is 6.72. The Morgan fingerprint density at radius 1 is 1.30 bits per heavy atom. The molecule has 0 aliphatic rings. The van der Waals surface area contributed by atoms with Gasteiger partial charge in [0.2, 0.25) is 0 Å². The summed E-state index contributed by atoms with van der Waals surface area (Å²) in [5, 5.41) is 10.5. The zero-order valence-electron chi connectivity index (χ0n) is 12.6. The lowest BCUT2D eigenvalue weighted by Gasteiger charge is -2.18. The van der Waals surface area contributed by atoms with E-state index in [0.29, 0.717) is 5.56 Å². The molecule has 0 aromatic heterocycles. The summed E-state index contributed by atoms with van der Waals surface area (Å²) in [6, 6.07) is 5.56. The molecule has 122 valence electrons. The van der Waals surface area contributed by atoms with Gasteiger partial charge >= 0.3 is 12.1 Å². The van der Waals surface area contributed by atoms with Crippen molar-refractivity contribution in [3.8, 4) is 12.3 Å². The van der Waals surface area contributed by atoms with Crippen LogP contribution in [0.5, 0.6) is 0 Å². The van der Waals surface area contributed by atoms with Crippen molar-refractivity contribution in [1.29, 1.82) is 0 Å². The zero-order chi connectivity index (χ0) is 17.2. The summed E-state index contributed by atoms with van der Waals surface area (Å²) in [5.41, 5.74) is 0.511. The number of non-ortho nitro benzene ring substituents is 1. The van der Waals surface area contributed by atoms with E-state index in [4.69, 9.17) is 15.9 Å². The van der Waals surface area contributed by atoms with Crippen molar-refractivity contribution in [1.82, 2.24) is 4.90 Å². The first-order chi connectivity index (χ1) is 11.0. The lowest BCUT2D eigenvalue weighted by atomic mass is 10.2. The highest BCUT2D eigenvalue weighted by Gasteiger charge is 2.18. The fraction of sp³-hybridized carbons (Fsp3) is 0.333. The highest BCUT2D eigenvalue weighted by Crippen LogP contribution is 2.13. The number of nitrogens with zero attached hydrogens (tertiary/aromatic N) is 2. The first-order valence-electron chi connectivity index (χ1n) is 6.72. The Morgan fingerprint density at radius 2 is 1.96 bits per heavy atom. The van der Waals surface area contributed by atoms with Gasteiger partial charge in [-0.05, 0) is 24.6 Å². The van der Waals surface area contributed by atoms with Crippen LogP contribution >= 0.6 is 0 Å². The fourth-order valence-corrected chi connectivity index (χ4v) is 1.61. The molecule has 1 aromatic rings. The van der Waals surface area contributed by atoms with Gasteiger partial charge in [0.25, 0.3) is 5.69 Å². The van der Waals surface area contributed by atoms with Gasteiger partial charge in [-0.2, -0.15) is 0 Å². The second kappa shape index (κ2) is 9.04. The van der Waals surface area contributed by atoms with E-state index in [1.807, 2.05) is 0 Å². The molecule has 0 spiro atoms. The van der Waals surface area contributed by atoms with Crippen LogP contribution in [-0.2, 0) is 20.9 Å².